The van der Waals surface area contributed by atoms with Gasteiger partial charge in [-0.2, -0.15) is 0 Å². The number of ether oxygens (including phenoxy) is 1. The van der Waals surface area contributed by atoms with Crippen LogP contribution in [0.25, 0.3) is 0 Å². The Bertz CT molecular complexity index is 1020. The van der Waals surface area contributed by atoms with Crippen LogP contribution in [0.4, 0.5) is 4.39 Å². The molecular weight excluding hydrogens is 456 g/mol. The smallest absolute Gasteiger partial charge is 0.473 e. The first-order valence-corrected chi connectivity index (χ1v) is 13.1. The van der Waals surface area contributed by atoms with Gasteiger partial charge in [-0.3, -0.25) is 0 Å². The summed E-state index contributed by atoms with van der Waals surface area (Å²) >= 11 is 0. The number of aromatic nitrogens is 1. The van der Waals surface area contributed by atoms with Crippen molar-refractivity contribution in [2.45, 2.75) is 98.4 Å². The van der Waals surface area contributed by atoms with Gasteiger partial charge in [0.15, 0.2) is 0 Å². The van der Waals surface area contributed by atoms with Crippen molar-refractivity contribution in [2.75, 3.05) is 0 Å². The molecule has 1 saturated carbocycles. The topological polar surface area (TPSA) is 57.6 Å². The Balaban J connectivity index is 0.000000389. The van der Waals surface area contributed by atoms with Crippen molar-refractivity contribution < 1.29 is 23.2 Å². The molecule has 1 aromatic carbocycles. The number of aldehydes is 1. The maximum Gasteiger partial charge on any atom is 0.494 e. The van der Waals surface area contributed by atoms with E-state index >= 15 is 0 Å². The lowest BCUT2D eigenvalue weighted by molar-refractivity contribution is -0.106. The van der Waals surface area contributed by atoms with Crippen molar-refractivity contribution in [1.82, 2.24) is 4.98 Å². The third-order valence-electron chi connectivity index (χ3n) is 7.44. The van der Waals surface area contributed by atoms with Gasteiger partial charge in [-0.1, -0.05) is 45.2 Å². The van der Waals surface area contributed by atoms with Crippen LogP contribution in [-0.4, -0.2) is 29.6 Å². The molecular formula is C29H41BFNO4. The molecule has 3 aliphatic rings. The number of benzene rings is 1. The van der Waals surface area contributed by atoms with Crippen molar-refractivity contribution in [3.05, 3.63) is 53.0 Å². The number of carbonyl (C=O) groups excluding carboxylic acids is 1. The highest BCUT2D eigenvalue weighted by atomic mass is 19.1. The summed E-state index contributed by atoms with van der Waals surface area (Å²) in [6.07, 6.45) is 9.17. The minimum atomic E-state index is -0.524. The van der Waals surface area contributed by atoms with Crippen LogP contribution >= 0.6 is 0 Å². The van der Waals surface area contributed by atoms with Gasteiger partial charge >= 0.3 is 7.12 Å². The maximum atomic E-state index is 14.4. The Morgan fingerprint density at radius 3 is 2.28 bits per heavy atom. The molecule has 2 aliphatic carbocycles. The van der Waals surface area contributed by atoms with Gasteiger partial charge in [-0.15, -0.1) is 0 Å². The summed E-state index contributed by atoms with van der Waals surface area (Å²) in [7, 11) is -0.524. The first-order chi connectivity index (χ1) is 17.0. The van der Waals surface area contributed by atoms with Crippen LogP contribution < -0.4 is 10.2 Å². The van der Waals surface area contributed by atoms with Gasteiger partial charge in [0.1, 0.15) is 18.7 Å². The fraction of sp³-hybridized carbons (Fsp3) is 0.586. The van der Waals surface area contributed by atoms with Crippen LogP contribution in [-0.2, 0) is 33.6 Å². The summed E-state index contributed by atoms with van der Waals surface area (Å²) in [5, 5.41) is 0. The van der Waals surface area contributed by atoms with E-state index in [-0.39, 0.29) is 12.4 Å². The van der Waals surface area contributed by atoms with Crippen LogP contribution in [0.3, 0.4) is 0 Å². The third kappa shape index (κ3) is 7.16. The summed E-state index contributed by atoms with van der Waals surface area (Å²) in [5.74, 6) is 2.00. The molecule has 0 N–H and O–H groups in total. The van der Waals surface area contributed by atoms with Crippen LogP contribution in [0.15, 0.2) is 30.5 Å². The quantitative estimate of drug-likeness (QED) is 0.384. The largest absolute Gasteiger partial charge is 0.494 e. The molecule has 1 atom stereocenters. The second-order valence-corrected chi connectivity index (χ2v) is 11.1. The zero-order valence-electron chi connectivity index (χ0n) is 22.9. The SMILES string of the molecule is CC1Cc2cnc(OCc3cc(B4OC(C)(C)C(C)(C)O4)ccc3F)cc2C1.CC=O.CCC1CC1. The van der Waals surface area contributed by atoms with Gasteiger partial charge in [0.25, 0.3) is 0 Å². The minimum absolute atomic E-state index is 0.112. The first-order valence-electron chi connectivity index (χ1n) is 13.1. The van der Waals surface area contributed by atoms with E-state index in [0.717, 1.165) is 30.5 Å². The van der Waals surface area contributed by atoms with Gasteiger partial charge in [-0.25, -0.2) is 9.37 Å². The Hall–Kier alpha value is -2.25. The number of hydrogen-bond donors (Lipinski definition) is 0. The van der Waals surface area contributed by atoms with E-state index < -0.39 is 18.3 Å². The Labute approximate surface area is 216 Å². The summed E-state index contributed by atoms with van der Waals surface area (Å²) in [6.45, 7) is 14.1. The molecule has 0 bridgehead atoms. The van der Waals surface area contributed by atoms with Gasteiger partial charge in [0, 0.05) is 17.8 Å². The molecule has 5 rings (SSSR count). The molecule has 36 heavy (non-hydrogen) atoms. The lowest BCUT2D eigenvalue weighted by atomic mass is 9.78. The molecule has 0 amide bonds. The lowest BCUT2D eigenvalue weighted by Gasteiger charge is -2.32. The van der Waals surface area contributed by atoms with Gasteiger partial charge < -0.3 is 18.8 Å². The van der Waals surface area contributed by atoms with Crippen molar-refractivity contribution in [2.24, 2.45) is 11.8 Å². The summed E-state index contributed by atoms with van der Waals surface area (Å²) in [4.78, 5) is 13.2. The van der Waals surface area contributed by atoms with E-state index in [2.05, 4.69) is 18.8 Å². The number of rotatable bonds is 5. The second-order valence-electron chi connectivity index (χ2n) is 11.1. The van der Waals surface area contributed by atoms with E-state index in [1.807, 2.05) is 40.0 Å². The van der Waals surface area contributed by atoms with E-state index in [1.54, 1.807) is 12.1 Å². The molecule has 5 nitrogen and oxygen atoms in total. The molecule has 0 radical (unpaired) electrons. The molecule has 2 fully saturated rings. The normalized spacial score (nSPS) is 21.0. The minimum Gasteiger partial charge on any atom is -0.473 e. The first kappa shape index (κ1) is 28.3. The van der Waals surface area contributed by atoms with Crippen LogP contribution in [0.5, 0.6) is 5.88 Å². The predicted molar refractivity (Wildman–Crippen MR) is 142 cm³/mol. The number of nitrogens with zero attached hydrogens (tertiary/aromatic N) is 1. The molecule has 0 spiro atoms. The van der Waals surface area contributed by atoms with Crippen molar-refractivity contribution in [3.8, 4) is 5.88 Å². The zero-order valence-corrected chi connectivity index (χ0v) is 22.9. The highest BCUT2D eigenvalue weighted by molar-refractivity contribution is 6.62. The number of carbonyl (C=O) groups is 1. The van der Waals surface area contributed by atoms with Gasteiger partial charge in [0.05, 0.1) is 11.2 Å². The maximum absolute atomic E-state index is 14.4. The van der Waals surface area contributed by atoms with Gasteiger partial charge in [-0.05, 0) is 82.0 Å². The average molecular weight is 497 g/mol. The van der Waals surface area contributed by atoms with E-state index in [4.69, 9.17) is 18.8 Å². The highest BCUT2D eigenvalue weighted by Crippen LogP contribution is 2.36. The number of hydrogen-bond acceptors (Lipinski definition) is 5. The summed E-state index contributed by atoms with van der Waals surface area (Å²) in [6, 6.07) is 6.88. The van der Waals surface area contributed by atoms with Crippen molar-refractivity contribution in [3.63, 3.8) is 0 Å². The molecule has 2 heterocycles. The number of fused-ring (bicyclic) bond motifs is 1. The Morgan fingerprint density at radius 2 is 1.72 bits per heavy atom. The van der Waals surface area contributed by atoms with Crippen molar-refractivity contribution >= 4 is 18.9 Å². The Kier molecular flexibility index (Phi) is 9.34. The fourth-order valence-corrected chi connectivity index (χ4v) is 4.29. The summed E-state index contributed by atoms with van der Waals surface area (Å²) < 4.78 is 32.3. The molecule has 1 aliphatic heterocycles. The molecule has 7 heteroatoms. The number of halogens is 1. The van der Waals surface area contributed by atoms with E-state index in [9.17, 15) is 4.39 Å². The van der Waals surface area contributed by atoms with E-state index in [0.29, 0.717) is 17.4 Å². The second kappa shape index (κ2) is 11.9. The van der Waals surface area contributed by atoms with E-state index in [1.165, 1.54) is 43.4 Å². The van der Waals surface area contributed by atoms with Crippen LogP contribution in [0, 0.1) is 17.7 Å². The molecule has 1 unspecified atom stereocenters. The predicted octanol–water partition coefficient (Wildman–Crippen LogP) is 5.85. The third-order valence-corrected chi connectivity index (χ3v) is 7.44. The average Bonchev–Trinajstić information content (AvgIpc) is 3.53. The van der Waals surface area contributed by atoms with Gasteiger partial charge in [0.2, 0.25) is 5.88 Å². The van der Waals surface area contributed by atoms with Crippen LogP contribution in [0.2, 0.25) is 0 Å². The molecule has 1 saturated heterocycles. The van der Waals surface area contributed by atoms with Crippen molar-refractivity contribution in [1.29, 1.82) is 0 Å². The molecule has 196 valence electrons. The lowest BCUT2D eigenvalue weighted by Crippen LogP contribution is -2.41. The molecule has 1 aromatic heterocycles. The highest BCUT2D eigenvalue weighted by Gasteiger charge is 2.51. The fourth-order valence-electron chi connectivity index (χ4n) is 4.29. The monoisotopic (exact) mass is 497 g/mol. The number of pyridine rings is 1. The zero-order chi connectivity index (χ0) is 26.5. The van der Waals surface area contributed by atoms with Crippen LogP contribution in [0.1, 0.15) is 84.4 Å². The summed E-state index contributed by atoms with van der Waals surface area (Å²) in [5.41, 5.74) is 2.94. The Morgan fingerprint density at radius 1 is 1.11 bits per heavy atom. The molecule has 2 aromatic rings. The standard InChI is InChI=1S/C22H27BFNO3.C5H10.C2H4O/c1-14-8-15-11-20(25-12-16(15)9-14)26-13-17-10-18(6-7-19(17)24)23-27-21(2,3)22(4,5)28-23;1-2-5-3-4-5;1-2-3/h6-7,10-12,14H,8-9,13H2,1-5H3;5H,2-4H2,1H3;2H,1H3.